The molecule has 2 N–H and O–H groups in total. The van der Waals surface area contributed by atoms with Gasteiger partial charge in [-0.25, -0.2) is 13.8 Å². The highest BCUT2D eigenvalue weighted by Crippen LogP contribution is 2.38. The minimum Gasteiger partial charge on any atom is -0.307 e. The Hall–Kier alpha value is -2.59. The SMILES string of the molecule is CN1CCC[C@H]1CN(c1cnn(C)c1)S(=O)(=O)NC(=O)Nc1c2c(cc3c1CCC3)CCC2. The number of aryl methyl sites for hydroxylation is 3. The summed E-state index contributed by atoms with van der Waals surface area (Å²) >= 11 is 0. The van der Waals surface area contributed by atoms with E-state index in [9.17, 15) is 13.2 Å². The van der Waals surface area contributed by atoms with Gasteiger partial charge in [-0.05, 0) is 87.2 Å². The van der Waals surface area contributed by atoms with Gasteiger partial charge in [0.2, 0.25) is 0 Å². The number of nitrogens with one attached hydrogen (secondary N) is 2. The first-order chi connectivity index (χ1) is 15.8. The summed E-state index contributed by atoms with van der Waals surface area (Å²) in [6.45, 7) is 1.20. The number of likely N-dealkylation sites (tertiary alicyclic amines) is 1. The van der Waals surface area contributed by atoms with Gasteiger partial charge in [-0.15, -0.1) is 0 Å². The molecule has 1 fully saturated rings. The Labute approximate surface area is 195 Å². The topological polar surface area (TPSA) is 99.6 Å². The second-order valence-electron chi connectivity index (χ2n) is 9.48. The van der Waals surface area contributed by atoms with Gasteiger partial charge in [-0.1, -0.05) is 6.07 Å². The molecule has 1 aromatic carbocycles. The fraction of sp³-hybridized carbons (Fsp3) is 0.565. The summed E-state index contributed by atoms with van der Waals surface area (Å²) in [4.78, 5) is 15.2. The number of anilines is 2. The van der Waals surface area contributed by atoms with Crippen LogP contribution in [0.25, 0.3) is 0 Å². The van der Waals surface area contributed by atoms with Crippen molar-refractivity contribution in [2.45, 2.75) is 57.4 Å². The van der Waals surface area contributed by atoms with Gasteiger partial charge >= 0.3 is 16.2 Å². The molecule has 178 valence electrons. The van der Waals surface area contributed by atoms with Gasteiger partial charge in [0, 0.05) is 25.0 Å². The minimum atomic E-state index is -4.13. The van der Waals surface area contributed by atoms with Crippen LogP contribution in [0.4, 0.5) is 16.2 Å². The fourth-order valence-corrected chi connectivity index (χ4v) is 6.69. The van der Waals surface area contributed by atoms with E-state index in [4.69, 9.17) is 0 Å². The molecule has 0 spiro atoms. The van der Waals surface area contributed by atoms with Crippen LogP contribution in [0.5, 0.6) is 0 Å². The largest absolute Gasteiger partial charge is 0.334 e. The van der Waals surface area contributed by atoms with Crippen molar-refractivity contribution in [3.8, 4) is 0 Å². The van der Waals surface area contributed by atoms with Crippen LogP contribution in [0.2, 0.25) is 0 Å². The van der Waals surface area contributed by atoms with Crippen LogP contribution in [-0.4, -0.2) is 55.3 Å². The molecule has 1 aliphatic heterocycles. The molecule has 0 bridgehead atoms. The summed E-state index contributed by atoms with van der Waals surface area (Å²) < 4.78 is 31.9. The van der Waals surface area contributed by atoms with Crippen LogP contribution in [0, 0.1) is 0 Å². The van der Waals surface area contributed by atoms with Gasteiger partial charge in [0.15, 0.2) is 0 Å². The van der Waals surface area contributed by atoms with E-state index in [0.29, 0.717) is 5.69 Å². The number of hydrogen-bond acceptors (Lipinski definition) is 5. The van der Waals surface area contributed by atoms with Crippen molar-refractivity contribution in [2.75, 3.05) is 29.8 Å². The van der Waals surface area contributed by atoms with Crippen molar-refractivity contribution in [3.05, 3.63) is 40.7 Å². The van der Waals surface area contributed by atoms with Gasteiger partial charge in [0.05, 0.1) is 18.4 Å². The maximum atomic E-state index is 13.4. The molecule has 2 amide bonds. The van der Waals surface area contributed by atoms with Crippen LogP contribution >= 0.6 is 0 Å². The lowest BCUT2D eigenvalue weighted by Crippen LogP contribution is -2.49. The van der Waals surface area contributed by atoms with E-state index < -0.39 is 16.2 Å². The van der Waals surface area contributed by atoms with Crippen LogP contribution in [0.15, 0.2) is 18.5 Å². The molecule has 5 rings (SSSR count). The Bertz CT molecular complexity index is 1140. The predicted octanol–water partition coefficient (Wildman–Crippen LogP) is 2.36. The second kappa shape index (κ2) is 8.64. The molecule has 2 aromatic rings. The predicted molar refractivity (Wildman–Crippen MR) is 128 cm³/mol. The van der Waals surface area contributed by atoms with Gasteiger partial charge in [0.1, 0.15) is 0 Å². The summed E-state index contributed by atoms with van der Waals surface area (Å²) in [5, 5.41) is 7.06. The highest BCUT2D eigenvalue weighted by atomic mass is 32.2. The quantitative estimate of drug-likeness (QED) is 0.672. The zero-order valence-electron chi connectivity index (χ0n) is 19.3. The van der Waals surface area contributed by atoms with E-state index in [1.807, 2.05) is 7.05 Å². The lowest BCUT2D eigenvalue weighted by Gasteiger charge is -2.29. The first-order valence-corrected chi connectivity index (χ1v) is 13.2. The maximum absolute atomic E-state index is 13.4. The van der Waals surface area contributed by atoms with Crippen LogP contribution < -0.4 is 14.3 Å². The number of likely N-dealkylation sites (N-methyl/N-ethyl adjacent to an activating group) is 1. The Morgan fingerprint density at radius 3 is 2.39 bits per heavy atom. The number of rotatable bonds is 6. The van der Waals surface area contributed by atoms with Gasteiger partial charge in [-0.2, -0.15) is 13.5 Å². The number of hydrogen-bond donors (Lipinski definition) is 2. The molecule has 1 saturated heterocycles. The first-order valence-electron chi connectivity index (χ1n) is 11.8. The van der Waals surface area contributed by atoms with Crippen LogP contribution in [-0.2, 0) is 42.9 Å². The molecular weight excluding hydrogens is 440 g/mol. The van der Waals surface area contributed by atoms with Gasteiger partial charge < -0.3 is 10.2 Å². The van der Waals surface area contributed by atoms with Crippen molar-refractivity contribution in [1.29, 1.82) is 0 Å². The summed E-state index contributed by atoms with van der Waals surface area (Å²) in [7, 11) is -0.384. The highest BCUT2D eigenvalue weighted by Gasteiger charge is 2.32. The number of benzene rings is 1. The molecular formula is C23H32N6O3S. The Kier molecular flexibility index (Phi) is 5.82. The van der Waals surface area contributed by atoms with Crippen LogP contribution in [0.3, 0.4) is 0 Å². The van der Waals surface area contributed by atoms with Crippen molar-refractivity contribution in [2.24, 2.45) is 7.05 Å². The third-order valence-corrected chi connectivity index (χ3v) is 8.63. The van der Waals surface area contributed by atoms with Crippen molar-refractivity contribution in [1.82, 2.24) is 19.4 Å². The smallest absolute Gasteiger partial charge is 0.307 e. The van der Waals surface area contributed by atoms with E-state index in [0.717, 1.165) is 63.6 Å². The van der Waals surface area contributed by atoms with Gasteiger partial charge in [0.25, 0.3) is 0 Å². The molecule has 9 nitrogen and oxygen atoms in total. The van der Waals surface area contributed by atoms with E-state index in [1.54, 1.807) is 17.9 Å². The molecule has 2 aliphatic carbocycles. The number of carbonyl (C=O) groups excluding carboxylic acids is 1. The van der Waals surface area contributed by atoms with Crippen LogP contribution in [0.1, 0.15) is 47.9 Å². The number of urea groups is 1. The number of aromatic nitrogens is 2. The molecule has 3 aliphatic rings. The van der Waals surface area contributed by atoms with Crippen molar-refractivity contribution in [3.63, 3.8) is 0 Å². The van der Waals surface area contributed by atoms with Crippen molar-refractivity contribution >= 4 is 27.6 Å². The Balaban J connectivity index is 1.39. The summed E-state index contributed by atoms with van der Waals surface area (Å²) in [6, 6.07) is 1.66. The Morgan fingerprint density at radius 1 is 1.12 bits per heavy atom. The van der Waals surface area contributed by atoms with Crippen molar-refractivity contribution < 1.29 is 13.2 Å². The van der Waals surface area contributed by atoms with E-state index in [2.05, 4.69) is 26.1 Å². The standard InChI is InChI=1S/C23H32N6O3S/c1-27-11-5-8-18(27)15-29(19-13-24-28(2)14-19)33(31,32)26-23(30)25-22-20-9-3-6-16(20)12-17-7-4-10-21(17)22/h12-14,18H,3-11,15H2,1-2H3,(H2,25,26,30)/t18-/m0/s1. The second-order valence-corrected chi connectivity index (χ2v) is 11.1. The average molecular weight is 473 g/mol. The number of carbonyl (C=O) groups is 1. The monoisotopic (exact) mass is 472 g/mol. The zero-order valence-corrected chi connectivity index (χ0v) is 20.1. The van der Waals surface area contributed by atoms with E-state index in [-0.39, 0.29) is 12.6 Å². The third kappa shape index (κ3) is 4.33. The fourth-order valence-electron chi connectivity index (χ4n) is 5.56. The summed E-state index contributed by atoms with van der Waals surface area (Å²) in [6.07, 6.45) is 11.1. The lowest BCUT2D eigenvalue weighted by molar-refractivity contribution is 0.256. The summed E-state index contributed by atoms with van der Waals surface area (Å²) in [5.74, 6) is 0. The highest BCUT2D eigenvalue weighted by molar-refractivity contribution is 7.91. The molecule has 0 unspecified atom stereocenters. The molecule has 1 atom stereocenters. The lowest BCUT2D eigenvalue weighted by atomic mass is 9.99. The summed E-state index contributed by atoms with van der Waals surface area (Å²) in [5.41, 5.74) is 6.18. The molecule has 0 radical (unpaired) electrons. The Morgan fingerprint density at radius 2 is 1.82 bits per heavy atom. The molecule has 2 heterocycles. The van der Waals surface area contributed by atoms with Gasteiger partial charge in [-0.3, -0.25) is 4.68 Å². The number of amides is 2. The molecule has 33 heavy (non-hydrogen) atoms. The number of fused-ring (bicyclic) bond motifs is 2. The minimum absolute atomic E-state index is 0.0884. The first kappa shape index (κ1) is 22.2. The third-order valence-electron chi connectivity index (χ3n) is 7.25. The maximum Gasteiger partial charge on any atom is 0.334 e. The molecule has 1 aromatic heterocycles. The molecule has 10 heteroatoms. The zero-order chi connectivity index (χ0) is 23.2. The average Bonchev–Trinajstić information content (AvgIpc) is 3.53. The molecule has 0 saturated carbocycles. The van der Waals surface area contributed by atoms with E-state index >= 15 is 0 Å². The number of nitrogens with zero attached hydrogens (tertiary/aromatic N) is 4. The van der Waals surface area contributed by atoms with E-state index in [1.165, 1.54) is 32.8 Å². The normalized spacial score (nSPS) is 20.0.